The van der Waals surface area contributed by atoms with Gasteiger partial charge in [-0.05, 0) is 24.3 Å². The van der Waals surface area contributed by atoms with Gasteiger partial charge >= 0.3 is 6.03 Å². The number of carbonyl (C=O) groups is 1. The second-order valence-corrected chi connectivity index (χ2v) is 7.46. The molecule has 148 valence electrons. The SMILES string of the molecule is CC(C)(C)c1cc(NC(=O)Nc2ccc(Nc3ncnc4[nH]ncc34)cc2)no1. The Hall–Kier alpha value is -3.95. The van der Waals surface area contributed by atoms with Crippen LogP contribution in [0, 0.1) is 0 Å². The lowest BCUT2D eigenvalue weighted by Gasteiger charge is -2.12. The van der Waals surface area contributed by atoms with Crippen molar-refractivity contribution in [2.75, 3.05) is 16.0 Å². The highest BCUT2D eigenvalue weighted by Crippen LogP contribution is 2.25. The van der Waals surface area contributed by atoms with Gasteiger partial charge in [0.25, 0.3) is 0 Å². The van der Waals surface area contributed by atoms with Gasteiger partial charge in [-0.25, -0.2) is 14.8 Å². The van der Waals surface area contributed by atoms with Gasteiger partial charge in [0.1, 0.15) is 17.9 Å². The molecule has 0 atom stereocenters. The highest BCUT2D eigenvalue weighted by molar-refractivity contribution is 5.99. The van der Waals surface area contributed by atoms with E-state index in [1.54, 1.807) is 24.4 Å². The van der Waals surface area contributed by atoms with E-state index in [2.05, 4.69) is 41.3 Å². The first-order chi connectivity index (χ1) is 13.9. The van der Waals surface area contributed by atoms with Crippen molar-refractivity contribution in [1.29, 1.82) is 0 Å². The van der Waals surface area contributed by atoms with Crippen molar-refractivity contribution >= 4 is 40.1 Å². The number of fused-ring (bicyclic) bond motifs is 1. The molecule has 0 fully saturated rings. The number of hydrogen-bond acceptors (Lipinski definition) is 7. The number of nitrogens with one attached hydrogen (secondary N) is 4. The number of aromatic nitrogens is 5. The zero-order chi connectivity index (χ0) is 20.4. The Morgan fingerprint density at radius 2 is 1.83 bits per heavy atom. The number of amides is 2. The smallest absolute Gasteiger partial charge is 0.324 e. The van der Waals surface area contributed by atoms with Gasteiger partial charge in [0.15, 0.2) is 11.5 Å². The second-order valence-electron chi connectivity index (χ2n) is 7.46. The molecule has 4 aromatic rings. The summed E-state index contributed by atoms with van der Waals surface area (Å²) in [4.78, 5) is 20.5. The molecule has 2 amide bonds. The van der Waals surface area contributed by atoms with E-state index in [9.17, 15) is 4.79 Å². The fraction of sp³-hybridized carbons (Fsp3) is 0.211. The third-order valence-corrected chi connectivity index (χ3v) is 4.14. The fourth-order valence-electron chi connectivity index (χ4n) is 2.60. The van der Waals surface area contributed by atoms with Gasteiger partial charge in [0.2, 0.25) is 0 Å². The van der Waals surface area contributed by atoms with E-state index in [-0.39, 0.29) is 5.41 Å². The van der Waals surface area contributed by atoms with Gasteiger partial charge in [-0.2, -0.15) is 5.10 Å². The van der Waals surface area contributed by atoms with Crippen molar-refractivity contribution in [3.63, 3.8) is 0 Å². The lowest BCUT2D eigenvalue weighted by atomic mass is 9.93. The number of benzene rings is 1. The third-order valence-electron chi connectivity index (χ3n) is 4.14. The predicted molar refractivity (Wildman–Crippen MR) is 109 cm³/mol. The maximum absolute atomic E-state index is 12.2. The van der Waals surface area contributed by atoms with Crippen molar-refractivity contribution in [3.05, 3.63) is 48.6 Å². The number of carbonyl (C=O) groups excluding carboxylic acids is 1. The minimum Gasteiger partial charge on any atom is -0.359 e. The van der Waals surface area contributed by atoms with E-state index in [4.69, 9.17) is 4.52 Å². The molecule has 0 aliphatic rings. The number of rotatable bonds is 4. The molecule has 29 heavy (non-hydrogen) atoms. The Balaban J connectivity index is 1.38. The van der Waals surface area contributed by atoms with Crippen LogP contribution in [0.4, 0.5) is 27.8 Å². The molecule has 1 aromatic carbocycles. The van der Waals surface area contributed by atoms with Crippen LogP contribution in [0.1, 0.15) is 26.5 Å². The van der Waals surface area contributed by atoms with Gasteiger partial charge in [-0.3, -0.25) is 10.4 Å². The maximum Gasteiger partial charge on any atom is 0.324 e. The standard InChI is InChI=1S/C19H20N8O2/c1-19(2,3)14-8-15(27-29-14)25-18(28)24-12-6-4-11(5-7-12)23-16-13-9-22-26-17(13)21-10-20-16/h4-10H,1-3H3,(H2,24,25,27,28)(H2,20,21,22,23,26). The van der Waals surface area contributed by atoms with Crippen LogP contribution in [0.25, 0.3) is 11.0 Å². The van der Waals surface area contributed by atoms with E-state index in [1.165, 1.54) is 6.33 Å². The number of hydrogen-bond donors (Lipinski definition) is 4. The Labute approximate surface area is 166 Å². The molecule has 0 saturated carbocycles. The van der Waals surface area contributed by atoms with E-state index in [1.807, 2.05) is 32.9 Å². The summed E-state index contributed by atoms with van der Waals surface area (Å²) in [6.45, 7) is 6.02. The summed E-state index contributed by atoms with van der Waals surface area (Å²) in [5, 5.41) is 20.0. The van der Waals surface area contributed by atoms with E-state index >= 15 is 0 Å². The van der Waals surface area contributed by atoms with Crippen LogP contribution in [0.2, 0.25) is 0 Å². The van der Waals surface area contributed by atoms with Gasteiger partial charge in [0, 0.05) is 22.9 Å². The average molecular weight is 392 g/mol. The largest absolute Gasteiger partial charge is 0.359 e. The van der Waals surface area contributed by atoms with Gasteiger partial charge < -0.3 is 15.2 Å². The molecule has 0 saturated heterocycles. The van der Waals surface area contributed by atoms with E-state index in [0.29, 0.717) is 28.7 Å². The number of nitrogens with zero attached hydrogens (tertiary/aromatic N) is 4. The van der Waals surface area contributed by atoms with Crippen LogP contribution in [0.5, 0.6) is 0 Å². The van der Waals surface area contributed by atoms with Crippen LogP contribution in [0.15, 0.2) is 47.4 Å². The molecule has 0 radical (unpaired) electrons. The zero-order valence-electron chi connectivity index (χ0n) is 16.1. The highest BCUT2D eigenvalue weighted by Gasteiger charge is 2.20. The molecular formula is C19H20N8O2. The van der Waals surface area contributed by atoms with Crippen molar-refractivity contribution in [2.45, 2.75) is 26.2 Å². The Morgan fingerprint density at radius 1 is 1.07 bits per heavy atom. The predicted octanol–water partition coefficient (Wildman–Crippen LogP) is 4.03. The quantitative estimate of drug-likeness (QED) is 0.412. The van der Waals surface area contributed by atoms with E-state index in [0.717, 1.165) is 11.1 Å². The molecule has 0 unspecified atom stereocenters. The van der Waals surface area contributed by atoms with Crippen molar-refractivity contribution < 1.29 is 9.32 Å². The molecule has 0 spiro atoms. The minimum atomic E-state index is -0.407. The molecular weight excluding hydrogens is 372 g/mol. The second kappa shape index (κ2) is 7.23. The topological polar surface area (TPSA) is 134 Å². The molecule has 4 rings (SSSR count). The summed E-state index contributed by atoms with van der Waals surface area (Å²) >= 11 is 0. The highest BCUT2D eigenvalue weighted by atomic mass is 16.5. The molecule has 4 N–H and O–H groups in total. The molecule has 0 aliphatic carbocycles. The first kappa shape index (κ1) is 18.4. The summed E-state index contributed by atoms with van der Waals surface area (Å²) in [7, 11) is 0. The Kier molecular flexibility index (Phi) is 4.59. The summed E-state index contributed by atoms with van der Waals surface area (Å²) in [5.74, 6) is 1.70. The Morgan fingerprint density at radius 3 is 2.55 bits per heavy atom. The molecule has 0 bridgehead atoms. The molecule has 10 nitrogen and oxygen atoms in total. The minimum absolute atomic E-state index is 0.183. The lowest BCUT2D eigenvalue weighted by Crippen LogP contribution is -2.19. The molecule has 3 heterocycles. The van der Waals surface area contributed by atoms with Crippen LogP contribution in [-0.2, 0) is 5.41 Å². The van der Waals surface area contributed by atoms with Gasteiger partial charge in [-0.1, -0.05) is 25.9 Å². The van der Waals surface area contributed by atoms with Crippen molar-refractivity contribution in [1.82, 2.24) is 25.3 Å². The van der Waals surface area contributed by atoms with Crippen LogP contribution >= 0.6 is 0 Å². The van der Waals surface area contributed by atoms with Gasteiger partial charge in [-0.15, -0.1) is 0 Å². The van der Waals surface area contributed by atoms with Crippen LogP contribution in [0.3, 0.4) is 0 Å². The average Bonchev–Trinajstić information content (AvgIpc) is 3.33. The van der Waals surface area contributed by atoms with Crippen molar-refractivity contribution in [3.8, 4) is 0 Å². The normalized spacial score (nSPS) is 11.4. The monoisotopic (exact) mass is 392 g/mol. The van der Waals surface area contributed by atoms with Crippen molar-refractivity contribution in [2.24, 2.45) is 0 Å². The Bertz CT molecular complexity index is 1140. The van der Waals surface area contributed by atoms with Gasteiger partial charge in [0.05, 0.1) is 11.6 Å². The third kappa shape index (κ3) is 4.15. The lowest BCUT2D eigenvalue weighted by molar-refractivity contribution is 0.262. The number of anilines is 4. The van der Waals surface area contributed by atoms with Crippen LogP contribution < -0.4 is 16.0 Å². The first-order valence-electron chi connectivity index (χ1n) is 8.95. The molecule has 3 aromatic heterocycles. The number of urea groups is 1. The zero-order valence-corrected chi connectivity index (χ0v) is 16.1. The number of H-pyrrole nitrogens is 1. The molecule has 0 aliphatic heterocycles. The summed E-state index contributed by atoms with van der Waals surface area (Å²) in [6.07, 6.45) is 3.12. The summed E-state index contributed by atoms with van der Waals surface area (Å²) in [6, 6.07) is 8.52. The summed E-state index contributed by atoms with van der Waals surface area (Å²) in [5.41, 5.74) is 1.91. The van der Waals surface area contributed by atoms with E-state index < -0.39 is 6.03 Å². The molecule has 10 heteroatoms. The fourth-order valence-corrected chi connectivity index (χ4v) is 2.60. The maximum atomic E-state index is 12.2. The first-order valence-corrected chi connectivity index (χ1v) is 8.95. The summed E-state index contributed by atoms with van der Waals surface area (Å²) < 4.78 is 5.26. The van der Waals surface area contributed by atoms with Crippen LogP contribution in [-0.4, -0.2) is 31.4 Å². The number of aromatic amines is 1.